The maximum atomic E-state index is 12.7. The molecule has 0 saturated carbocycles. The second kappa shape index (κ2) is 9.45. The van der Waals surface area contributed by atoms with Gasteiger partial charge in [0.1, 0.15) is 17.8 Å². The minimum absolute atomic E-state index is 0.176. The fourth-order valence-electron chi connectivity index (χ4n) is 2.80. The van der Waals surface area contributed by atoms with Crippen LogP contribution in [0.15, 0.2) is 60.9 Å². The SMILES string of the molecule is CCOC(=O)c1ccccc1NC(=O)c1cc(Nc2ccccc2CC)ncn1. The third-order valence-corrected chi connectivity index (χ3v) is 4.23. The van der Waals surface area contributed by atoms with Crippen LogP contribution in [0.2, 0.25) is 0 Å². The summed E-state index contributed by atoms with van der Waals surface area (Å²) in [6.45, 7) is 4.05. The number of ether oxygens (including phenoxy) is 1. The lowest BCUT2D eigenvalue weighted by Gasteiger charge is -2.12. The molecule has 2 aromatic carbocycles. The summed E-state index contributed by atoms with van der Waals surface area (Å²) in [5.74, 6) is -0.440. The van der Waals surface area contributed by atoms with Crippen LogP contribution in [0.1, 0.15) is 40.3 Å². The van der Waals surface area contributed by atoms with Gasteiger partial charge in [0.15, 0.2) is 0 Å². The van der Waals surface area contributed by atoms with E-state index in [2.05, 4.69) is 27.5 Å². The number of hydrogen-bond acceptors (Lipinski definition) is 6. The van der Waals surface area contributed by atoms with Crippen molar-refractivity contribution in [3.8, 4) is 0 Å². The van der Waals surface area contributed by atoms with E-state index in [1.54, 1.807) is 37.3 Å². The van der Waals surface area contributed by atoms with Crippen LogP contribution in [0.5, 0.6) is 0 Å². The number of carbonyl (C=O) groups excluding carboxylic acids is 2. The molecule has 0 saturated heterocycles. The molecule has 148 valence electrons. The van der Waals surface area contributed by atoms with Gasteiger partial charge in [-0.3, -0.25) is 4.79 Å². The smallest absolute Gasteiger partial charge is 0.340 e. The summed E-state index contributed by atoms with van der Waals surface area (Å²) < 4.78 is 5.04. The van der Waals surface area contributed by atoms with Crippen molar-refractivity contribution in [2.75, 3.05) is 17.2 Å². The Kier molecular flexibility index (Phi) is 6.52. The van der Waals surface area contributed by atoms with Gasteiger partial charge in [0.05, 0.1) is 17.9 Å². The molecule has 0 fully saturated rings. The minimum Gasteiger partial charge on any atom is -0.462 e. The van der Waals surface area contributed by atoms with Crippen LogP contribution in [-0.4, -0.2) is 28.5 Å². The lowest BCUT2D eigenvalue weighted by Crippen LogP contribution is -2.17. The second-order valence-corrected chi connectivity index (χ2v) is 6.14. The van der Waals surface area contributed by atoms with Gasteiger partial charge in [-0.05, 0) is 37.1 Å². The first kappa shape index (κ1) is 20.0. The fraction of sp³-hybridized carbons (Fsp3) is 0.182. The van der Waals surface area contributed by atoms with Crippen LogP contribution in [0.3, 0.4) is 0 Å². The van der Waals surface area contributed by atoms with Crippen molar-refractivity contribution >= 4 is 29.1 Å². The van der Waals surface area contributed by atoms with Crippen LogP contribution in [0.4, 0.5) is 17.2 Å². The second-order valence-electron chi connectivity index (χ2n) is 6.14. The molecule has 0 aliphatic rings. The number of nitrogens with zero attached hydrogens (tertiary/aromatic N) is 2. The van der Waals surface area contributed by atoms with Gasteiger partial charge in [-0.2, -0.15) is 0 Å². The summed E-state index contributed by atoms with van der Waals surface area (Å²) in [7, 11) is 0. The van der Waals surface area contributed by atoms with E-state index in [4.69, 9.17) is 4.74 Å². The Hall–Kier alpha value is -3.74. The summed E-state index contributed by atoms with van der Waals surface area (Å²) in [5.41, 5.74) is 2.88. The van der Waals surface area contributed by atoms with Crippen LogP contribution in [-0.2, 0) is 11.2 Å². The molecular weight excluding hydrogens is 368 g/mol. The van der Waals surface area contributed by atoms with Crippen molar-refractivity contribution in [1.29, 1.82) is 0 Å². The largest absolute Gasteiger partial charge is 0.462 e. The maximum Gasteiger partial charge on any atom is 0.340 e. The van der Waals surface area contributed by atoms with Crippen molar-refractivity contribution in [3.05, 3.63) is 77.7 Å². The van der Waals surface area contributed by atoms with Gasteiger partial charge in [0, 0.05) is 11.8 Å². The molecule has 7 nitrogen and oxygen atoms in total. The Morgan fingerprint density at radius 2 is 1.69 bits per heavy atom. The average molecular weight is 390 g/mol. The third-order valence-electron chi connectivity index (χ3n) is 4.23. The number of benzene rings is 2. The lowest BCUT2D eigenvalue weighted by molar-refractivity contribution is 0.0527. The number of nitrogens with one attached hydrogen (secondary N) is 2. The van der Waals surface area contributed by atoms with Crippen LogP contribution in [0.25, 0.3) is 0 Å². The van der Waals surface area contributed by atoms with E-state index in [1.807, 2.05) is 24.3 Å². The first-order valence-corrected chi connectivity index (χ1v) is 9.36. The molecule has 29 heavy (non-hydrogen) atoms. The molecule has 0 atom stereocenters. The van der Waals surface area contributed by atoms with Gasteiger partial charge in [0.2, 0.25) is 0 Å². The molecule has 3 aromatic rings. The number of aromatic nitrogens is 2. The molecule has 2 N–H and O–H groups in total. The van der Waals surface area contributed by atoms with Gasteiger partial charge in [-0.25, -0.2) is 14.8 Å². The number of anilines is 3. The molecule has 0 aliphatic heterocycles. The fourth-order valence-corrected chi connectivity index (χ4v) is 2.80. The highest BCUT2D eigenvalue weighted by atomic mass is 16.5. The maximum absolute atomic E-state index is 12.7. The highest BCUT2D eigenvalue weighted by Crippen LogP contribution is 2.21. The minimum atomic E-state index is -0.496. The lowest BCUT2D eigenvalue weighted by atomic mass is 10.1. The Morgan fingerprint density at radius 1 is 0.966 bits per heavy atom. The summed E-state index contributed by atoms with van der Waals surface area (Å²) in [4.78, 5) is 33.0. The molecule has 0 radical (unpaired) electrons. The molecule has 1 heterocycles. The van der Waals surface area contributed by atoms with Gasteiger partial charge in [0.25, 0.3) is 5.91 Å². The monoisotopic (exact) mass is 390 g/mol. The first-order chi connectivity index (χ1) is 14.1. The number of rotatable bonds is 7. The molecule has 0 bridgehead atoms. The van der Waals surface area contributed by atoms with Gasteiger partial charge in [-0.15, -0.1) is 0 Å². The zero-order chi connectivity index (χ0) is 20.6. The average Bonchev–Trinajstić information content (AvgIpc) is 2.75. The number of para-hydroxylation sites is 2. The van der Waals surface area contributed by atoms with E-state index in [9.17, 15) is 9.59 Å². The number of amides is 1. The Labute approximate surface area is 169 Å². The number of hydrogen-bond donors (Lipinski definition) is 2. The van der Waals surface area contributed by atoms with Crippen LogP contribution >= 0.6 is 0 Å². The Morgan fingerprint density at radius 3 is 2.45 bits per heavy atom. The quantitative estimate of drug-likeness (QED) is 0.587. The molecule has 1 aromatic heterocycles. The molecular formula is C22H22N4O3. The van der Waals surface area contributed by atoms with Gasteiger partial charge < -0.3 is 15.4 Å². The van der Waals surface area contributed by atoms with E-state index < -0.39 is 11.9 Å². The molecule has 7 heteroatoms. The van der Waals surface area contributed by atoms with Crippen LogP contribution < -0.4 is 10.6 Å². The van der Waals surface area contributed by atoms with E-state index in [0.29, 0.717) is 11.5 Å². The standard InChI is InChI=1S/C22H22N4O3/c1-3-15-9-5-7-11-17(15)25-20-13-19(23-14-24-20)21(27)26-18-12-8-6-10-16(18)22(28)29-4-2/h5-14H,3-4H2,1-2H3,(H,26,27)(H,23,24,25). The molecule has 0 aliphatic carbocycles. The van der Waals surface area contributed by atoms with Crippen molar-refractivity contribution < 1.29 is 14.3 Å². The normalized spacial score (nSPS) is 10.3. The third kappa shape index (κ3) is 4.95. The summed E-state index contributed by atoms with van der Waals surface area (Å²) in [5, 5.41) is 5.95. The first-order valence-electron chi connectivity index (χ1n) is 9.36. The van der Waals surface area contributed by atoms with Crippen molar-refractivity contribution in [2.45, 2.75) is 20.3 Å². The molecule has 0 spiro atoms. The van der Waals surface area contributed by atoms with Crippen molar-refractivity contribution in [2.24, 2.45) is 0 Å². The summed E-state index contributed by atoms with van der Waals surface area (Å²) in [6, 6.07) is 16.1. The molecule has 0 unspecified atom stereocenters. The van der Waals surface area contributed by atoms with E-state index in [-0.39, 0.29) is 17.9 Å². The van der Waals surface area contributed by atoms with Gasteiger partial charge >= 0.3 is 5.97 Å². The zero-order valence-electron chi connectivity index (χ0n) is 16.3. The van der Waals surface area contributed by atoms with E-state index in [0.717, 1.165) is 17.7 Å². The van der Waals surface area contributed by atoms with E-state index in [1.165, 1.54) is 6.33 Å². The predicted molar refractivity (Wildman–Crippen MR) is 111 cm³/mol. The summed E-state index contributed by atoms with van der Waals surface area (Å²) >= 11 is 0. The highest BCUT2D eigenvalue weighted by molar-refractivity contribution is 6.07. The Bertz CT molecular complexity index is 1020. The zero-order valence-corrected chi connectivity index (χ0v) is 16.3. The Balaban J connectivity index is 1.79. The highest BCUT2D eigenvalue weighted by Gasteiger charge is 2.16. The summed E-state index contributed by atoms with van der Waals surface area (Å²) in [6.07, 6.45) is 2.19. The van der Waals surface area contributed by atoms with Crippen molar-refractivity contribution in [1.82, 2.24) is 9.97 Å². The van der Waals surface area contributed by atoms with Crippen LogP contribution in [0, 0.1) is 0 Å². The number of esters is 1. The molecule has 1 amide bonds. The van der Waals surface area contributed by atoms with Gasteiger partial charge in [-0.1, -0.05) is 37.3 Å². The topological polar surface area (TPSA) is 93.2 Å². The number of aryl methyl sites for hydroxylation is 1. The van der Waals surface area contributed by atoms with Crippen molar-refractivity contribution in [3.63, 3.8) is 0 Å². The van der Waals surface area contributed by atoms with E-state index >= 15 is 0 Å². The predicted octanol–water partition coefficient (Wildman–Crippen LogP) is 4.21. The molecule has 3 rings (SSSR count). The number of carbonyl (C=O) groups is 2.